The summed E-state index contributed by atoms with van der Waals surface area (Å²) in [4.78, 5) is 0. The van der Waals surface area contributed by atoms with E-state index in [1.165, 1.54) is 25.7 Å². The predicted molar refractivity (Wildman–Crippen MR) is 52.0 cm³/mol. The molecule has 0 radical (unpaired) electrons. The van der Waals surface area contributed by atoms with E-state index >= 15 is 0 Å². The Kier molecular flexibility index (Phi) is 3.16. The van der Waals surface area contributed by atoms with Gasteiger partial charge in [-0.3, -0.25) is 0 Å². The van der Waals surface area contributed by atoms with Crippen LogP contribution in [0.1, 0.15) is 52.9 Å². The van der Waals surface area contributed by atoms with Crippen LogP contribution in [0, 0.1) is 11.8 Å². The van der Waals surface area contributed by atoms with Gasteiger partial charge in [0.05, 0.1) is 5.60 Å². The quantitative estimate of drug-likeness (QED) is 0.675. The fraction of sp³-hybridized carbons (Fsp3) is 1.00. The smallest absolute Gasteiger partial charge is 0.0594 e. The maximum Gasteiger partial charge on any atom is 0.0594 e. The Bertz CT molecular complexity index is 134. The lowest BCUT2D eigenvalue weighted by molar-refractivity contribution is 0.0341. The van der Waals surface area contributed by atoms with E-state index in [-0.39, 0.29) is 0 Å². The largest absolute Gasteiger partial charge is 0.390 e. The summed E-state index contributed by atoms with van der Waals surface area (Å²) < 4.78 is 0. The molecule has 0 aromatic rings. The average Bonchev–Trinajstić information content (AvgIpc) is 1.91. The molecule has 1 aliphatic rings. The molecule has 0 saturated heterocycles. The summed E-state index contributed by atoms with van der Waals surface area (Å²) in [7, 11) is 0. The molecule has 1 fully saturated rings. The zero-order chi connectivity index (χ0) is 9.19. The van der Waals surface area contributed by atoms with Gasteiger partial charge in [0, 0.05) is 0 Å². The van der Waals surface area contributed by atoms with Crippen molar-refractivity contribution < 1.29 is 5.11 Å². The Morgan fingerprint density at radius 3 is 2.33 bits per heavy atom. The van der Waals surface area contributed by atoms with Crippen molar-refractivity contribution in [1.82, 2.24) is 0 Å². The first-order chi connectivity index (χ1) is 5.49. The van der Waals surface area contributed by atoms with Gasteiger partial charge >= 0.3 is 0 Å². The van der Waals surface area contributed by atoms with Crippen LogP contribution in [0.5, 0.6) is 0 Å². The van der Waals surface area contributed by atoms with Crippen molar-refractivity contribution in [3.63, 3.8) is 0 Å². The van der Waals surface area contributed by atoms with Crippen molar-refractivity contribution >= 4 is 0 Å². The minimum absolute atomic E-state index is 0.462. The molecule has 0 heterocycles. The van der Waals surface area contributed by atoms with E-state index in [4.69, 9.17) is 0 Å². The third-order valence-corrected chi connectivity index (χ3v) is 3.05. The van der Waals surface area contributed by atoms with Crippen LogP contribution < -0.4 is 0 Å². The van der Waals surface area contributed by atoms with Gasteiger partial charge in [0.15, 0.2) is 0 Å². The van der Waals surface area contributed by atoms with Crippen LogP contribution in [-0.4, -0.2) is 10.7 Å². The van der Waals surface area contributed by atoms with Gasteiger partial charge in [0.1, 0.15) is 0 Å². The first-order valence-electron chi connectivity index (χ1n) is 5.21. The molecule has 1 heteroatoms. The zero-order valence-corrected chi connectivity index (χ0v) is 8.64. The van der Waals surface area contributed by atoms with Gasteiger partial charge < -0.3 is 5.11 Å². The Balaban J connectivity index is 2.39. The van der Waals surface area contributed by atoms with E-state index in [2.05, 4.69) is 6.92 Å². The monoisotopic (exact) mass is 170 g/mol. The molecule has 0 amide bonds. The lowest BCUT2D eigenvalue weighted by Gasteiger charge is -2.33. The van der Waals surface area contributed by atoms with E-state index in [9.17, 15) is 5.11 Å². The molecular formula is C11H22O. The predicted octanol–water partition coefficient (Wildman–Crippen LogP) is 2.97. The van der Waals surface area contributed by atoms with Crippen molar-refractivity contribution in [2.75, 3.05) is 0 Å². The van der Waals surface area contributed by atoms with Crippen LogP contribution in [0.3, 0.4) is 0 Å². The second-order valence-electron chi connectivity index (χ2n) is 5.04. The van der Waals surface area contributed by atoms with Gasteiger partial charge in [-0.15, -0.1) is 0 Å². The Morgan fingerprint density at radius 1 is 1.25 bits per heavy atom. The molecule has 72 valence electrons. The summed E-state index contributed by atoms with van der Waals surface area (Å²) in [5.74, 6) is 1.59. The van der Waals surface area contributed by atoms with Crippen molar-refractivity contribution in [3.8, 4) is 0 Å². The maximum atomic E-state index is 9.69. The zero-order valence-electron chi connectivity index (χ0n) is 8.64. The van der Waals surface area contributed by atoms with Crippen LogP contribution in [0.25, 0.3) is 0 Å². The highest BCUT2D eigenvalue weighted by Gasteiger charge is 2.26. The Labute approximate surface area is 76.2 Å². The Hall–Kier alpha value is -0.0400. The molecule has 1 saturated carbocycles. The van der Waals surface area contributed by atoms with E-state index in [1.54, 1.807) is 0 Å². The molecule has 1 rings (SSSR count). The molecule has 1 nitrogen and oxygen atoms in total. The van der Waals surface area contributed by atoms with Crippen LogP contribution in [0.4, 0.5) is 0 Å². The summed E-state index contributed by atoms with van der Waals surface area (Å²) in [5.41, 5.74) is -0.462. The summed E-state index contributed by atoms with van der Waals surface area (Å²) >= 11 is 0. The maximum absolute atomic E-state index is 9.69. The first-order valence-corrected chi connectivity index (χ1v) is 5.21. The van der Waals surface area contributed by atoms with Crippen molar-refractivity contribution in [2.45, 2.75) is 58.5 Å². The van der Waals surface area contributed by atoms with Crippen LogP contribution >= 0.6 is 0 Å². The van der Waals surface area contributed by atoms with Gasteiger partial charge in [-0.1, -0.05) is 32.6 Å². The number of rotatable bonds is 2. The third-order valence-electron chi connectivity index (χ3n) is 3.05. The molecule has 0 aliphatic heterocycles. The van der Waals surface area contributed by atoms with Gasteiger partial charge in [-0.25, -0.2) is 0 Å². The summed E-state index contributed by atoms with van der Waals surface area (Å²) in [6, 6.07) is 0. The highest BCUT2D eigenvalue weighted by molar-refractivity contribution is 4.78. The number of hydrogen-bond donors (Lipinski definition) is 1. The fourth-order valence-corrected chi connectivity index (χ4v) is 2.34. The molecule has 0 aromatic carbocycles. The van der Waals surface area contributed by atoms with E-state index in [0.717, 1.165) is 18.3 Å². The fourth-order valence-electron chi connectivity index (χ4n) is 2.34. The van der Waals surface area contributed by atoms with Gasteiger partial charge in [0.2, 0.25) is 0 Å². The molecule has 1 aliphatic carbocycles. The highest BCUT2D eigenvalue weighted by Crippen LogP contribution is 2.34. The second-order valence-corrected chi connectivity index (χ2v) is 5.04. The SMILES string of the molecule is CC1CCCCC1CC(C)(C)O. The highest BCUT2D eigenvalue weighted by atomic mass is 16.3. The number of aliphatic hydroxyl groups is 1. The van der Waals surface area contributed by atoms with Gasteiger partial charge in [0.25, 0.3) is 0 Å². The van der Waals surface area contributed by atoms with Crippen molar-refractivity contribution in [1.29, 1.82) is 0 Å². The second kappa shape index (κ2) is 3.78. The van der Waals surface area contributed by atoms with E-state index in [1.807, 2.05) is 13.8 Å². The lowest BCUT2D eigenvalue weighted by Crippen LogP contribution is -2.28. The number of hydrogen-bond acceptors (Lipinski definition) is 1. The van der Waals surface area contributed by atoms with Crippen LogP contribution in [0.2, 0.25) is 0 Å². The Morgan fingerprint density at radius 2 is 1.83 bits per heavy atom. The molecule has 0 spiro atoms. The van der Waals surface area contributed by atoms with Crippen LogP contribution in [-0.2, 0) is 0 Å². The average molecular weight is 170 g/mol. The van der Waals surface area contributed by atoms with E-state index in [0.29, 0.717) is 0 Å². The summed E-state index contributed by atoms with van der Waals surface area (Å²) in [5, 5.41) is 9.69. The lowest BCUT2D eigenvalue weighted by atomic mass is 9.75. The standard InChI is InChI=1S/C11H22O/c1-9-6-4-5-7-10(9)8-11(2,3)12/h9-10,12H,4-8H2,1-3H3. The minimum atomic E-state index is -0.462. The van der Waals surface area contributed by atoms with Crippen LogP contribution in [0.15, 0.2) is 0 Å². The van der Waals surface area contributed by atoms with E-state index < -0.39 is 5.60 Å². The molecule has 2 atom stereocenters. The molecule has 1 N–H and O–H groups in total. The summed E-state index contributed by atoms with van der Waals surface area (Å²) in [6.07, 6.45) is 6.43. The molecule has 2 unspecified atom stereocenters. The van der Waals surface area contributed by atoms with Gasteiger partial charge in [-0.2, -0.15) is 0 Å². The normalized spacial score (nSPS) is 32.0. The topological polar surface area (TPSA) is 20.2 Å². The molecular weight excluding hydrogens is 148 g/mol. The first kappa shape index (κ1) is 10.0. The van der Waals surface area contributed by atoms with Crippen molar-refractivity contribution in [3.05, 3.63) is 0 Å². The third kappa shape index (κ3) is 3.14. The molecule has 0 aromatic heterocycles. The minimum Gasteiger partial charge on any atom is -0.390 e. The van der Waals surface area contributed by atoms with Gasteiger partial charge in [-0.05, 0) is 32.1 Å². The molecule has 12 heavy (non-hydrogen) atoms. The molecule has 0 bridgehead atoms. The van der Waals surface area contributed by atoms with Crippen molar-refractivity contribution in [2.24, 2.45) is 11.8 Å². The summed E-state index contributed by atoms with van der Waals surface area (Å²) in [6.45, 7) is 6.18.